The number of nitrogens with zero attached hydrogens (tertiary/aromatic N) is 2. The first-order valence-electron chi connectivity index (χ1n) is 9.64. The van der Waals surface area contributed by atoms with Crippen LogP contribution in [0.15, 0.2) is 41.5 Å². The Morgan fingerprint density at radius 2 is 2.03 bits per heavy atom. The van der Waals surface area contributed by atoms with Gasteiger partial charge in [0.05, 0.1) is 30.5 Å². The minimum absolute atomic E-state index is 0.0236. The second kappa shape index (κ2) is 7.58. The summed E-state index contributed by atoms with van der Waals surface area (Å²) in [6.07, 6.45) is 2.60. The molecule has 2 aromatic carbocycles. The maximum absolute atomic E-state index is 12.6. The highest BCUT2D eigenvalue weighted by Crippen LogP contribution is 2.37. The van der Waals surface area contributed by atoms with Gasteiger partial charge in [0.1, 0.15) is 17.6 Å². The molecule has 2 aliphatic heterocycles. The number of phenolic OH excluding ortho intramolecular Hbond substituents is 1. The number of benzene rings is 2. The van der Waals surface area contributed by atoms with Gasteiger partial charge in [0.2, 0.25) is 0 Å². The molecule has 1 atom stereocenters. The van der Waals surface area contributed by atoms with Crippen LogP contribution in [0.1, 0.15) is 60.2 Å². The summed E-state index contributed by atoms with van der Waals surface area (Å²) in [4.78, 5) is 24.9. The third-order valence-corrected chi connectivity index (χ3v) is 5.21. The Morgan fingerprint density at radius 3 is 2.79 bits per heavy atom. The number of unbranched alkanes of at least 4 members (excludes halogenated alkanes) is 1. The van der Waals surface area contributed by atoms with Crippen LogP contribution in [0.4, 0.5) is 5.69 Å². The molecule has 0 saturated carbocycles. The Balaban J connectivity index is 1.65. The minimum atomic E-state index is -0.371. The van der Waals surface area contributed by atoms with Crippen LogP contribution in [0.2, 0.25) is 0 Å². The van der Waals surface area contributed by atoms with E-state index in [1.807, 2.05) is 6.07 Å². The number of amides is 1. The number of ether oxygens (including phenoxy) is 2. The summed E-state index contributed by atoms with van der Waals surface area (Å²) in [5.41, 5.74) is 2.72. The minimum Gasteiger partial charge on any atom is -0.507 e. The number of phenols is 1. The van der Waals surface area contributed by atoms with Crippen molar-refractivity contribution < 1.29 is 24.2 Å². The molecule has 2 aliphatic rings. The fourth-order valence-electron chi connectivity index (χ4n) is 3.65. The van der Waals surface area contributed by atoms with Crippen molar-refractivity contribution in [3.8, 4) is 11.5 Å². The largest absolute Gasteiger partial charge is 0.507 e. The summed E-state index contributed by atoms with van der Waals surface area (Å²) in [6, 6.07) is 10.0. The van der Waals surface area contributed by atoms with E-state index in [-0.39, 0.29) is 30.2 Å². The number of hydrogen-bond donors (Lipinski definition) is 1. The summed E-state index contributed by atoms with van der Waals surface area (Å²) >= 11 is 0. The van der Waals surface area contributed by atoms with E-state index in [0.717, 1.165) is 24.8 Å². The zero-order valence-electron chi connectivity index (χ0n) is 16.3. The van der Waals surface area contributed by atoms with Crippen molar-refractivity contribution in [2.75, 3.05) is 12.1 Å². The molecule has 1 amide bonds. The first-order valence-corrected chi connectivity index (χ1v) is 9.64. The number of cyclic esters (lactones) is 1. The van der Waals surface area contributed by atoms with Gasteiger partial charge in [0, 0.05) is 11.1 Å². The molecule has 7 heteroatoms. The lowest BCUT2D eigenvalue weighted by molar-refractivity contribution is -0.116. The summed E-state index contributed by atoms with van der Waals surface area (Å²) in [5, 5.41) is 15.8. The number of fused-ring (bicyclic) bond motifs is 1. The van der Waals surface area contributed by atoms with E-state index < -0.39 is 0 Å². The lowest BCUT2D eigenvalue weighted by atomic mass is 10.0. The normalized spacial score (nSPS) is 17.9. The van der Waals surface area contributed by atoms with E-state index in [4.69, 9.17) is 9.47 Å². The molecule has 0 radical (unpaired) electrons. The highest BCUT2D eigenvalue weighted by molar-refractivity contribution is 6.20. The molecular weight excluding hydrogens is 372 g/mol. The van der Waals surface area contributed by atoms with E-state index >= 15 is 0 Å². The van der Waals surface area contributed by atoms with E-state index in [2.05, 4.69) is 12.0 Å². The molecule has 1 N–H and O–H groups in total. The van der Waals surface area contributed by atoms with Crippen molar-refractivity contribution >= 4 is 23.3 Å². The summed E-state index contributed by atoms with van der Waals surface area (Å²) in [6.45, 7) is 2.09. The Hall–Kier alpha value is -3.35. The Morgan fingerprint density at radius 1 is 1.21 bits per heavy atom. The molecule has 0 aromatic heterocycles. The van der Waals surface area contributed by atoms with E-state index in [9.17, 15) is 14.7 Å². The second-order valence-corrected chi connectivity index (χ2v) is 7.12. The predicted octanol–water partition coefficient (Wildman–Crippen LogP) is 3.94. The number of methoxy groups -OCH3 is 1. The fourth-order valence-corrected chi connectivity index (χ4v) is 3.65. The van der Waals surface area contributed by atoms with E-state index in [1.165, 1.54) is 18.2 Å². The van der Waals surface area contributed by atoms with Crippen LogP contribution >= 0.6 is 0 Å². The fraction of sp³-hybridized carbons (Fsp3) is 0.318. The summed E-state index contributed by atoms with van der Waals surface area (Å²) in [5.74, 6) is -0.0272. The molecule has 0 saturated heterocycles. The van der Waals surface area contributed by atoms with Crippen molar-refractivity contribution in [1.29, 1.82) is 0 Å². The van der Waals surface area contributed by atoms with Gasteiger partial charge in [-0.25, -0.2) is 9.80 Å². The van der Waals surface area contributed by atoms with Gasteiger partial charge in [0.15, 0.2) is 0 Å². The molecule has 2 aromatic rings. The van der Waals surface area contributed by atoms with Crippen LogP contribution in [-0.2, 0) is 9.53 Å². The van der Waals surface area contributed by atoms with Crippen LogP contribution < -0.4 is 9.75 Å². The van der Waals surface area contributed by atoms with Gasteiger partial charge >= 0.3 is 5.97 Å². The summed E-state index contributed by atoms with van der Waals surface area (Å²) < 4.78 is 10.7. The smallest absolute Gasteiger partial charge is 0.339 e. The lowest BCUT2D eigenvalue weighted by Gasteiger charge is -2.13. The van der Waals surface area contributed by atoms with E-state index in [0.29, 0.717) is 28.3 Å². The monoisotopic (exact) mass is 394 g/mol. The van der Waals surface area contributed by atoms with Crippen LogP contribution in [-0.4, -0.2) is 29.8 Å². The number of hydrazone groups is 1. The van der Waals surface area contributed by atoms with Gasteiger partial charge in [-0.1, -0.05) is 19.4 Å². The first kappa shape index (κ1) is 19.0. The second-order valence-electron chi connectivity index (χ2n) is 7.12. The van der Waals surface area contributed by atoms with Gasteiger partial charge in [-0.3, -0.25) is 4.79 Å². The van der Waals surface area contributed by atoms with Crippen molar-refractivity contribution in [2.24, 2.45) is 5.10 Å². The van der Waals surface area contributed by atoms with Crippen molar-refractivity contribution in [3.05, 3.63) is 53.1 Å². The number of aromatic hydroxyl groups is 1. The van der Waals surface area contributed by atoms with Crippen LogP contribution in [0, 0.1) is 0 Å². The van der Waals surface area contributed by atoms with Gasteiger partial charge in [-0.2, -0.15) is 5.10 Å². The van der Waals surface area contributed by atoms with Crippen molar-refractivity contribution in [1.82, 2.24) is 0 Å². The molecule has 2 heterocycles. The van der Waals surface area contributed by atoms with Crippen LogP contribution in [0.3, 0.4) is 0 Å². The van der Waals surface area contributed by atoms with E-state index in [1.54, 1.807) is 24.3 Å². The highest BCUT2D eigenvalue weighted by atomic mass is 16.5. The number of anilines is 1. The van der Waals surface area contributed by atoms with Crippen LogP contribution in [0.25, 0.3) is 0 Å². The molecule has 4 rings (SSSR count). The topological polar surface area (TPSA) is 88.4 Å². The zero-order chi connectivity index (χ0) is 20.5. The molecule has 0 bridgehead atoms. The Labute approximate surface area is 168 Å². The number of esters is 1. The Bertz CT molecular complexity index is 1010. The average molecular weight is 394 g/mol. The lowest BCUT2D eigenvalue weighted by Crippen LogP contribution is -2.19. The molecule has 150 valence electrons. The average Bonchev–Trinajstić information content (AvgIpc) is 3.26. The molecule has 7 nitrogen and oxygen atoms in total. The first-order chi connectivity index (χ1) is 14.0. The molecule has 0 aliphatic carbocycles. The maximum Gasteiger partial charge on any atom is 0.339 e. The Kier molecular flexibility index (Phi) is 4.96. The third-order valence-electron chi connectivity index (χ3n) is 5.21. The standard InChI is InChI=1S/C22H22N2O5/c1-3-4-5-20-15-8-6-13(10-16(15)22(27)29-20)24-21(26)12-18(23-24)17-11-14(28-2)7-9-19(17)25/h6-11,20,25H,3-5,12H2,1-2H3. The van der Waals surface area contributed by atoms with Crippen molar-refractivity contribution in [2.45, 2.75) is 38.7 Å². The number of carbonyl (C=O) groups excluding carboxylic acids is 2. The van der Waals surface area contributed by atoms with Crippen molar-refractivity contribution in [3.63, 3.8) is 0 Å². The third kappa shape index (κ3) is 3.44. The predicted molar refractivity (Wildman–Crippen MR) is 107 cm³/mol. The quantitative estimate of drug-likeness (QED) is 0.750. The number of hydrogen-bond acceptors (Lipinski definition) is 6. The van der Waals surface area contributed by atoms with Gasteiger partial charge in [0.25, 0.3) is 5.91 Å². The molecule has 29 heavy (non-hydrogen) atoms. The van der Waals surface area contributed by atoms with Gasteiger partial charge < -0.3 is 14.6 Å². The maximum atomic E-state index is 12.6. The molecule has 0 fully saturated rings. The van der Waals surface area contributed by atoms with Gasteiger partial charge in [-0.05, 0) is 43.2 Å². The highest BCUT2D eigenvalue weighted by Gasteiger charge is 2.33. The molecule has 0 spiro atoms. The number of carbonyl (C=O) groups is 2. The zero-order valence-corrected chi connectivity index (χ0v) is 16.3. The SMILES string of the molecule is CCCCC1OC(=O)c2cc(N3N=C(c4cc(OC)ccc4O)CC3=O)ccc21. The number of rotatable bonds is 6. The van der Waals surface area contributed by atoms with Gasteiger partial charge in [-0.15, -0.1) is 0 Å². The van der Waals surface area contributed by atoms with Crippen LogP contribution in [0.5, 0.6) is 11.5 Å². The molecular formula is C22H22N2O5. The summed E-state index contributed by atoms with van der Waals surface area (Å²) in [7, 11) is 1.53. The molecule has 1 unspecified atom stereocenters.